The molecule has 2 unspecified atom stereocenters. The van der Waals surface area contributed by atoms with E-state index in [1.807, 2.05) is 67.6 Å². The molecule has 1 fully saturated rings. The molecule has 2 aliphatic rings. The van der Waals surface area contributed by atoms with Crippen LogP contribution in [0.3, 0.4) is 0 Å². The fourth-order valence-corrected chi connectivity index (χ4v) is 8.14. The summed E-state index contributed by atoms with van der Waals surface area (Å²) in [5.41, 5.74) is 2.55. The SMILES string of the molecule is CCOCCOCCOc1cccc2c1CC(C1CCC(=O)CC1=O)C2=O.OCCOc1ccc(Oc2c(-c3ccc(Br)cc3)sc3cc(O)ccc23)cc1. The van der Waals surface area contributed by atoms with Crippen molar-refractivity contribution >= 4 is 54.7 Å². The first-order chi connectivity index (χ1) is 26.7. The standard InChI is InChI=1S/C22H17BrO4S.C21H26O6/c23-15-3-1-14(2-4-15)22-21(19-10-5-16(25)13-20(19)28-22)27-18-8-6-17(7-9-18)26-12-11-24;1-2-25-8-9-26-10-11-27-20-5-3-4-16-17(20)13-18(21(16)24)15-7-6-14(22)12-19(15)23/h1-10,13,24-25H,11-12H2;3-5,15,18H,2,6-13H2,1H3. The highest BCUT2D eigenvalue weighted by atomic mass is 79.9. The number of rotatable bonds is 15. The van der Waals surface area contributed by atoms with Gasteiger partial charge in [-0.15, -0.1) is 11.3 Å². The first-order valence-corrected chi connectivity index (χ1v) is 19.9. The average Bonchev–Trinajstić information content (AvgIpc) is 3.71. The van der Waals surface area contributed by atoms with Crippen LogP contribution in [0, 0.1) is 11.8 Å². The summed E-state index contributed by atoms with van der Waals surface area (Å²) >= 11 is 5.05. The van der Waals surface area contributed by atoms with Gasteiger partial charge in [0.05, 0.1) is 37.7 Å². The predicted octanol–water partition coefficient (Wildman–Crippen LogP) is 8.61. The Morgan fingerprint density at radius 3 is 2.31 bits per heavy atom. The van der Waals surface area contributed by atoms with Crippen LogP contribution in [0.25, 0.3) is 20.5 Å². The number of hydrogen-bond donors (Lipinski definition) is 2. The Labute approximate surface area is 332 Å². The Kier molecular flexibility index (Phi) is 14.1. The number of benzene rings is 4. The van der Waals surface area contributed by atoms with Crippen molar-refractivity contribution in [2.24, 2.45) is 11.8 Å². The third-order valence-corrected chi connectivity index (χ3v) is 11.1. The van der Waals surface area contributed by atoms with Crippen LogP contribution in [0.2, 0.25) is 0 Å². The Morgan fingerprint density at radius 1 is 0.818 bits per heavy atom. The minimum atomic E-state index is -0.368. The molecule has 1 heterocycles. The van der Waals surface area contributed by atoms with Crippen LogP contribution < -0.4 is 14.2 Å². The summed E-state index contributed by atoms with van der Waals surface area (Å²) in [6, 6.07) is 26.1. The molecule has 0 radical (unpaired) electrons. The maximum atomic E-state index is 12.8. The topological polar surface area (TPSA) is 138 Å². The van der Waals surface area contributed by atoms with E-state index in [1.165, 1.54) is 0 Å². The number of halogens is 1. The van der Waals surface area contributed by atoms with Gasteiger partial charge in [-0.1, -0.05) is 40.2 Å². The third kappa shape index (κ3) is 10.2. The Balaban J connectivity index is 0.000000187. The number of hydrogen-bond acceptors (Lipinski definition) is 11. The first kappa shape index (κ1) is 40.1. The largest absolute Gasteiger partial charge is 0.508 e. The lowest BCUT2D eigenvalue weighted by atomic mass is 9.77. The summed E-state index contributed by atoms with van der Waals surface area (Å²) in [6.45, 7) is 4.75. The van der Waals surface area contributed by atoms with Crippen molar-refractivity contribution in [1.29, 1.82) is 0 Å². The van der Waals surface area contributed by atoms with E-state index in [9.17, 15) is 19.5 Å². The zero-order chi connectivity index (χ0) is 38.7. The molecule has 2 N–H and O–H groups in total. The Morgan fingerprint density at radius 2 is 1.56 bits per heavy atom. The predicted molar refractivity (Wildman–Crippen MR) is 214 cm³/mol. The van der Waals surface area contributed by atoms with E-state index in [4.69, 9.17) is 28.8 Å². The van der Waals surface area contributed by atoms with E-state index in [-0.39, 0.29) is 54.6 Å². The number of fused-ring (bicyclic) bond motifs is 2. The molecule has 10 nitrogen and oxygen atoms in total. The quantitative estimate of drug-likeness (QED) is 0.0780. The number of aliphatic hydroxyl groups is 1. The molecule has 2 atom stereocenters. The van der Waals surface area contributed by atoms with Crippen LogP contribution in [0.1, 0.15) is 42.1 Å². The number of thiophene rings is 1. The first-order valence-electron chi connectivity index (χ1n) is 18.3. The molecule has 288 valence electrons. The highest BCUT2D eigenvalue weighted by molar-refractivity contribution is 9.10. The molecule has 0 amide bonds. The minimum Gasteiger partial charge on any atom is -0.508 e. The van der Waals surface area contributed by atoms with Crippen molar-refractivity contribution in [3.8, 4) is 39.2 Å². The fourth-order valence-electron chi connectivity index (χ4n) is 6.71. The third-order valence-electron chi connectivity index (χ3n) is 9.36. The number of phenolic OH excluding ortho intramolecular Hbond substituents is 1. The zero-order valence-corrected chi connectivity index (χ0v) is 32.9. The molecule has 0 spiro atoms. The molecule has 12 heteroatoms. The summed E-state index contributed by atoms with van der Waals surface area (Å²) < 4.78 is 30.1. The van der Waals surface area contributed by atoms with Gasteiger partial charge in [0.25, 0.3) is 0 Å². The van der Waals surface area contributed by atoms with Crippen LogP contribution in [0.4, 0.5) is 0 Å². The number of ether oxygens (including phenoxy) is 5. The second kappa shape index (κ2) is 19.3. The van der Waals surface area contributed by atoms with Crippen LogP contribution in [-0.2, 0) is 25.5 Å². The van der Waals surface area contributed by atoms with E-state index >= 15 is 0 Å². The molecule has 5 aromatic rings. The van der Waals surface area contributed by atoms with Gasteiger partial charge in [0, 0.05) is 50.5 Å². The van der Waals surface area contributed by atoms with Crippen LogP contribution in [0.5, 0.6) is 28.7 Å². The monoisotopic (exact) mass is 830 g/mol. The number of ketones is 3. The van der Waals surface area contributed by atoms with Crippen molar-refractivity contribution in [3.05, 3.63) is 101 Å². The van der Waals surface area contributed by atoms with Gasteiger partial charge >= 0.3 is 0 Å². The highest BCUT2D eigenvalue weighted by Crippen LogP contribution is 2.47. The fraction of sp³-hybridized carbons (Fsp3) is 0.326. The highest BCUT2D eigenvalue weighted by Gasteiger charge is 2.42. The number of carbonyl (C=O) groups is 3. The molecule has 55 heavy (non-hydrogen) atoms. The van der Waals surface area contributed by atoms with Gasteiger partial charge in [-0.05, 0) is 86.0 Å². The zero-order valence-electron chi connectivity index (χ0n) is 30.5. The van der Waals surface area contributed by atoms with Gasteiger partial charge in [0.2, 0.25) is 0 Å². The van der Waals surface area contributed by atoms with Gasteiger partial charge in [-0.3, -0.25) is 14.4 Å². The van der Waals surface area contributed by atoms with Gasteiger partial charge in [-0.25, -0.2) is 0 Å². The molecular formula is C43H43BrO10S. The van der Waals surface area contributed by atoms with E-state index < -0.39 is 0 Å². The van der Waals surface area contributed by atoms with Gasteiger partial charge in [0.1, 0.15) is 47.8 Å². The van der Waals surface area contributed by atoms with Crippen LogP contribution >= 0.6 is 27.3 Å². The minimum absolute atomic E-state index is 0.00360. The van der Waals surface area contributed by atoms with Gasteiger partial charge in [0.15, 0.2) is 11.5 Å². The van der Waals surface area contributed by atoms with Crippen molar-refractivity contribution < 1.29 is 48.3 Å². The van der Waals surface area contributed by atoms with Crippen molar-refractivity contribution in [1.82, 2.24) is 0 Å². The molecule has 1 aromatic heterocycles. The van der Waals surface area contributed by atoms with E-state index in [0.717, 1.165) is 36.3 Å². The molecule has 4 aromatic carbocycles. The second-order valence-corrected chi connectivity index (χ2v) is 15.0. The van der Waals surface area contributed by atoms with Crippen LogP contribution in [-0.4, -0.2) is 73.8 Å². The van der Waals surface area contributed by atoms with Gasteiger partial charge in [-0.2, -0.15) is 0 Å². The average molecular weight is 832 g/mol. The summed E-state index contributed by atoms with van der Waals surface area (Å²) in [5, 5.41) is 19.7. The summed E-state index contributed by atoms with van der Waals surface area (Å²) in [7, 11) is 0. The number of phenols is 1. The molecule has 1 saturated carbocycles. The molecular weight excluding hydrogens is 788 g/mol. The van der Waals surface area contributed by atoms with Crippen molar-refractivity contribution in [2.75, 3.05) is 46.2 Å². The van der Waals surface area contributed by atoms with Crippen molar-refractivity contribution in [3.63, 3.8) is 0 Å². The van der Waals surface area contributed by atoms with E-state index in [1.54, 1.807) is 35.6 Å². The summed E-state index contributed by atoms with van der Waals surface area (Å²) in [6.07, 6.45) is 1.33. The normalized spacial score (nSPS) is 16.5. The Hall–Kier alpha value is -4.59. The Bertz CT molecular complexity index is 2090. The number of aromatic hydroxyl groups is 1. The van der Waals surface area contributed by atoms with Gasteiger partial charge < -0.3 is 33.9 Å². The molecule has 0 aliphatic heterocycles. The maximum absolute atomic E-state index is 12.8. The molecule has 0 bridgehead atoms. The second-order valence-electron chi connectivity index (χ2n) is 13.0. The van der Waals surface area contributed by atoms with Crippen LogP contribution in [0.15, 0.2) is 89.4 Å². The lowest BCUT2D eigenvalue weighted by Crippen LogP contribution is -2.33. The smallest absolute Gasteiger partial charge is 0.167 e. The number of Topliss-reactive ketones (excluding diaryl/α,β-unsaturated/α-hetero) is 3. The van der Waals surface area contributed by atoms with Crippen molar-refractivity contribution in [2.45, 2.75) is 32.6 Å². The lowest BCUT2D eigenvalue weighted by molar-refractivity contribution is -0.133. The molecule has 0 saturated heterocycles. The maximum Gasteiger partial charge on any atom is 0.167 e. The summed E-state index contributed by atoms with van der Waals surface area (Å²) in [5.74, 6) is 2.18. The summed E-state index contributed by atoms with van der Waals surface area (Å²) in [4.78, 5) is 37.5. The lowest BCUT2D eigenvalue weighted by Gasteiger charge is -2.24. The molecule has 2 aliphatic carbocycles. The number of carbonyl (C=O) groups excluding carboxylic acids is 3. The number of aliphatic hydroxyl groups excluding tert-OH is 1. The van der Waals surface area contributed by atoms with E-state index in [2.05, 4.69) is 15.9 Å². The van der Waals surface area contributed by atoms with E-state index in [0.29, 0.717) is 75.1 Å². The molecule has 7 rings (SSSR count).